The lowest BCUT2D eigenvalue weighted by atomic mass is 9.90. The number of carbonyl (C=O) groups is 1. The van der Waals surface area contributed by atoms with Crippen molar-refractivity contribution < 1.29 is 4.79 Å². The van der Waals surface area contributed by atoms with Crippen LogP contribution in [0.2, 0.25) is 0 Å². The van der Waals surface area contributed by atoms with Gasteiger partial charge in [-0.3, -0.25) is 4.79 Å². The molecule has 0 unspecified atom stereocenters. The lowest BCUT2D eigenvalue weighted by Crippen LogP contribution is -2.37. The van der Waals surface area contributed by atoms with Crippen molar-refractivity contribution in [1.82, 2.24) is 4.90 Å². The van der Waals surface area contributed by atoms with Gasteiger partial charge < -0.3 is 4.90 Å². The molecule has 98 valence electrons. The molecule has 0 atom stereocenters. The van der Waals surface area contributed by atoms with Crippen LogP contribution in [0.3, 0.4) is 0 Å². The predicted octanol–water partition coefficient (Wildman–Crippen LogP) is 4.01. The number of likely N-dealkylation sites (tertiary alicyclic amines) is 1. The average molecular weight is 375 g/mol. The molecule has 4 heteroatoms. The highest BCUT2D eigenvalue weighted by Crippen LogP contribution is 2.27. The molecule has 0 aliphatic carbocycles. The Labute approximate surface area is 125 Å². The first-order valence-corrected chi connectivity index (χ1v) is 7.84. The average Bonchev–Trinajstić information content (AvgIpc) is 2.33. The molecule has 1 amide bonds. The Morgan fingerprint density at radius 1 is 1.33 bits per heavy atom. The molecule has 1 fully saturated rings. The highest BCUT2D eigenvalue weighted by molar-refractivity contribution is 9.11. The molecule has 1 saturated heterocycles. The molecule has 1 aromatic carbocycles. The van der Waals surface area contributed by atoms with E-state index in [-0.39, 0.29) is 5.91 Å². The number of hydrogen-bond acceptors (Lipinski definition) is 1. The molecule has 0 aromatic heterocycles. The first-order valence-electron chi connectivity index (χ1n) is 6.25. The summed E-state index contributed by atoms with van der Waals surface area (Å²) in [5, 5.41) is 0. The van der Waals surface area contributed by atoms with Gasteiger partial charge in [0.15, 0.2) is 0 Å². The van der Waals surface area contributed by atoms with Crippen molar-refractivity contribution in [3.8, 4) is 0 Å². The van der Waals surface area contributed by atoms with Crippen LogP contribution >= 0.6 is 31.9 Å². The van der Waals surface area contributed by atoms with Crippen LogP contribution in [-0.2, 0) is 11.2 Å². The van der Waals surface area contributed by atoms with Crippen LogP contribution in [0.4, 0.5) is 0 Å². The van der Waals surface area contributed by atoms with Gasteiger partial charge >= 0.3 is 0 Å². The van der Waals surface area contributed by atoms with E-state index < -0.39 is 0 Å². The fourth-order valence-corrected chi connectivity index (χ4v) is 3.66. The van der Waals surface area contributed by atoms with E-state index in [0.717, 1.165) is 36.8 Å². The number of nitrogens with zero attached hydrogens (tertiary/aromatic N) is 1. The summed E-state index contributed by atoms with van der Waals surface area (Å²) in [6.07, 6.45) is 3.32. The van der Waals surface area contributed by atoms with Gasteiger partial charge in [0, 0.05) is 29.0 Å². The number of amides is 1. The van der Waals surface area contributed by atoms with E-state index in [0.29, 0.717) is 5.92 Å². The van der Waals surface area contributed by atoms with Crippen molar-refractivity contribution >= 4 is 37.8 Å². The molecular weight excluding hydrogens is 358 g/mol. The second-order valence-electron chi connectivity index (χ2n) is 4.89. The number of rotatable bonds is 2. The Kier molecular flexibility index (Phi) is 4.84. The maximum atomic E-state index is 11.3. The van der Waals surface area contributed by atoms with Gasteiger partial charge in [0.1, 0.15) is 0 Å². The van der Waals surface area contributed by atoms with Gasteiger partial charge in [0.05, 0.1) is 0 Å². The molecule has 18 heavy (non-hydrogen) atoms. The Bertz CT molecular complexity index is 439. The molecule has 0 N–H and O–H groups in total. The lowest BCUT2D eigenvalue weighted by Gasteiger charge is -2.31. The van der Waals surface area contributed by atoms with Gasteiger partial charge in [-0.25, -0.2) is 0 Å². The van der Waals surface area contributed by atoms with Crippen LogP contribution in [0.15, 0.2) is 27.1 Å². The molecule has 1 aromatic rings. The van der Waals surface area contributed by atoms with Gasteiger partial charge in [-0.1, -0.05) is 37.9 Å². The summed E-state index contributed by atoms with van der Waals surface area (Å²) in [5.74, 6) is 0.899. The molecule has 0 saturated carbocycles. The van der Waals surface area contributed by atoms with Crippen LogP contribution < -0.4 is 0 Å². The minimum Gasteiger partial charge on any atom is -0.343 e. The van der Waals surface area contributed by atoms with Gasteiger partial charge in [-0.15, -0.1) is 0 Å². The van der Waals surface area contributed by atoms with Crippen LogP contribution in [0.5, 0.6) is 0 Å². The van der Waals surface area contributed by atoms with E-state index in [1.54, 1.807) is 6.92 Å². The maximum Gasteiger partial charge on any atom is 0.219 e. The smallest absolute Gasteiger partial charge is 0.219 e. The van der Waals surface area contributed by atoms with Crippen molar-refractivity contribution in [3.05, 3.63) is 32.7 Å². The van der Waals surface area contributed by atoms with Gasteiger partial charge in [0.25, 0.3) is 0 Å². The molecule has 1 aliphatic heterocycles. The van der Waals surface area contributed by atoms with Gasteiger partial charge in [-0.05, 0) is 42.9 Å². The third-order valence-electron chi connectivity index (χ3n) is 3.58. The largest absolute Gasteiger partial charge is 0.343 e. The Balaban J connectivity index is 1.93. The number of carbonyl (C=O) groups excluding carboxylic acids is 1. The van der Waals surface area contributed by atoms with Crippen LogP contribution in [0, 0.1) is 5.92 Å². The standard InChI is InChI=1S/C14H17Br2NO/c1-10(18)17-6-4-11(5-7-17)8-12-2-3-13(15)9-14(12)16/h2-3,9,11H,4-8H2,1H3. The third kappa shape index (κ3) is 3.58. The van der Waals surface area contributed by atoms with E-state index in [4.69, 9.17) is 0 Å². The zero-order valence-electron chi connectivity index (χ0n) is 10.5. The van der Waals surface area contributed by atoms with Crippen molar-refractivity contribution in [3.63, 3.8) is 0 Å². The second kappa shape index (κ2) is 6.20. The normalized spacial score (nSPS) is 16.9. The topological polar surface area (TPSA) is 20.3 Å². The highest BCUT2D eigenvalue weighted by atomic mass is 79.9. The predicted molar refractivity (Wildman–Crippen MR) is 80.5 cm³/mol. The zero-order chi connectivity index (χ0) is 13.1. The van der Waals surface area contributed by atoms with E-state index >= 15 is 0 Å². The van der Waals surface area contributed by atoms with Crippen molar-refractivity contribution in [1.29, 1.82) is 0 Å². The minimum absolute atomic E-state index is 0.207. The van der Waals surface area contributed by atoms with Crippen molar-refractivity contribution in [2.45, 2.75) is 26.2 Å². The minimum atomic E-state index is 0.207. The molecule has 0 radical (unpaired) electrons. The van der Waals surface area contributed by atoms with Crippen molar-refractivity contribution in [2.75, 3.05) is 13.1 Å². The van der Waals surface area contributed by atoms with E-state index in [9.17, 15) is 4.79 Å². The third-order valence-corrected chi connectivity index (χ3v) is 4.82. The number of piperidine rings is 1. The Hall–Kier alpha value is -0.350. The van der Waals surface area contributed by atoms with E-state index in [2.05, 4.69) is 50.1 Å². The fourth-order valence-electron chi connectivity index (χ4n) is 2.45. The highest BCUT2D eigenvalue weighted by Gasteiger charge is 2.21. The van der Waals surface area contributed by atoms with Gasteiger partial charge in [-0.2, -0.15) is 0 Å². The first-order chi connectivity index (χ1) is 8.56. The summed E-state index contributed by atoms with van der Waals surface area (Å²) in [6.45, 7) is 3.48. The Morgan fingerprint density at radius 2 is 2.00 bits per heavy atom. The quantitative estimate of drug-likeness (QED) is 0.765. The van der Waals surface area contributed by atoms with E-state index in [1.165, 1.54) is 10.0 Å². The Morgan fingerprint density at radius 3 is 2.56 bits per heavy atom. The summed E-state index contributed by atoms with van der Waals surface area (Å²) in [5.41, 5.74) is 1.36. The number of benzene rings is 1. The lowest BCUT2D eigenvalue weighted by molar-refractivity contribution is -0.130. The summed E-state index contributed by atoms with van der Waals surface area (Å²) >= 11 is 7.09. The molecule has 0 bridgehead atoms. The fraction of sp³-hybridized carbons (Fsp3) is 0.500. The first kappa shape index (κ1) is 14.1. The zero-order valence-corrected chi connectivity index (χ0v) is 13.6. The maximum absolute atomic E-state index is 11.3. The SMILES string of the molecule is CC(=O)N1CCC(Cc2ccc(Br)cc2Br)CC1. The molecule has 2 nitrogen and oxygen atoms in total. The molecule has 2 rings (SSSR count). The summed E-state index contributed by atoms with van der Waals surface area (Å²) < 4.78 is 2.27. The summed E-state index contributed by atoms with van der Waals surface area (Å²) in [4.78, 5) is 13.2. The summed E-state index contributed by atoms with van der Waals surface area (Å²) in [7, 11) is 0. The number of halogens is 2. The van der Waals surface area contributed by atoms with Gasteiger partial charge in [0.2, 0.25) is 5.91 Å². The molecule has 0 spiro atoms. The monoisotopic (exact) mass is 373 g/mol. The van der Waals surface area contributed by atoms with Crippen LogP contribution in [0.25, 0.3) is 0 Å². The van der Waals surface area contributed by atoms with E-state index in [1.807, 2.05) is 4.90 Å². The molecular formula is C14H17Br2NO. The van der Waals surface area contributed by atoms with Crippen molar-refractivity contribution in [2.24, 2.45) is 5.92 Å². The molecule has 1 heterocycles. The van der Waals surface area contributed by atoms with Crippen LogP contribution in [-0.4, -0.2) is 23.9 Å². The molecule has 1 aliphatic rings. The second-order valence-corrected chi connectivity index (χ2v) is 6.66. The summed E-state index contributed by atoms with van der Waals surface area (Å²) in [6, 6.07) is 6.36. The van der Waals surface area contributed by atoms with Crippen LogP contribution in [0.1, 0.15) is 25.3 Å². The number of hydrogen-bond donors (Lipinski definition) is 0.